The summed E-state index contributed by atoms with van der Waals surface area (Å²) in [5.41, 5.74) is 0. The molecule has 0 aromatic carbocycles. The lowest BCUT2D eigenvalue weighted by atomic mass is 9.99. The Kier molecular flexibility index (Phi) is 22.3. The summed E-state index contributed by atoms with van der Waals surface area (Å²) in [6.45, 7) is 5.99. The van der Waals surface area contributed by atoms with Gasteiger partial charge in [0.05, 0.1) is 14.5 Å². The van der Waals surface area contributed by atoms with Gasteiger partial charge in [-0.05, 0) is 38.5 Å². The molecule has 3 nitrogen and oxygen atoms in total. The van der Waals surface area contributed by atoms with Gasteiger partial charge in [-0.1, -0.05) is 83.7 Å². The quantitative estimate of drug-likeness (QED) is 0.0689. The van der Waals surface area contributed by atoms with Crippen LogP contribution >= 0.6 is 10.6 Å². The molecule has 0 fully saturated rings. The average molecular weight is 443 g/mol. The Morgan fingerprint density at radius 2 is 1.43 bits per heavy atom. The van der Waals surface area contributed by atoms with Crippen LogP contribution in [-0.4, -0.2) is 39.9 Å². The van der Waals surface area contributed by atoms with Gasteiger partial charge in [0.2, 0.25) is 0 Å². The molecule has 0 aliphatic rings. The summed E-state index contributed by atoms with van der Waals surface area (Å²) >= 11 is 0. The molecule has 0 saturated carbocycles. The second-order valence-corrected chi connectivity index (χ2v) is 11.2. The fourth-order valence-corrected chi connectivity index (χ4v) is 4.50. The van der Waals surface area contributed by atoms with E-state index in [1.807, 2.05) is 0 Å². The van der Waals surface area contributed by atoms with E-state index in [2.05, 4.69) is 38.5 Å². The molecule has 0 aromatic rings. The molecule has 2 radical (unpaired) electrons. The Bertz CT molecular complexity index is 377. The normalized spacial score (nSPS) is 13.9. The first-order valence-electron chi connectivity index (χ1n) is 12.6. The lowest BCUT2D eigenvalue weighted by Crippen LogP contribution is -2.21. The lowest BCUT2D eigenvalue weighted by Gasteiger charge is -2.38. The van der Waals surface area contributed by atoms with E-state index in [1.54, 1.807) is 0 Å². The van der Waals surface area contributed by atoms with E-state index in [0.29, 0.717) is 0 Å². The van der Waals surface area contributed by atoms with Crippen molar-refractivity contribution in [1.82, 2.24) is 0 Å². The smallest absolute Gasteiger partial charge is 0.180 e. The summed E-state index contributed by atoms with van der Waals surface area (Å²) in [6, 6.07) is 0. The molecular formula is C25H51BO3S. The van der Waals surface area contributed by atoms with Crippen molar-refractivity contribution in [3.05, 3.63) is 12.2 Å². The van der Waals surface area contributed by atoms with Gasteiger partial charge in [0, 0.05) is 25.5 Å². The van der Waals surface area contributed by atoms with Crippen LogP contribution in [0.25, 0.3) is 0 Å². The van der Waals surface area contributed by atoms with E-state index in [9.17, 15) is 0 Å². The van der Waals surface area contributed by atoms with Gasteiger partial charge in [0.1, 0.15) is 0 Å². The molecule has 0 spiro atoms. The number of rotatable bonds is 23. The fraction of sp³-hybridized carbons (Fsp3) is 0.920. The van der Waals surface area contributed by atoms with Gasteiger partial charge < -0.3 is 4.74 Å². The van der Waals surface area contributed by atoms with Gasteiger partial charge in [0.25, 0.3) is 0 Å². The first-order valence-corrected chi connectivity index (χ1v) is 14.9. The third kappa shape index (κ3) is 21.3. The Morgan fingerprint density at radius 1 is 0.767 bits per heavy atom. The molecule has 0 aliphatic carbocycles. The van der Waals surface area contributed by atoms with Crippen LogP contribution in [0.2, 0.25) is 6.32 Å². The van der Waals surface area contributed by atoms with Crippen LogP contribution in [-0.2, 0) is 13.1 Å². The molecule has 178 valence electrons. The van der Waals surface area contributed by atoms with Crippen molar-refractivity contribution >= 4 is 18.4 Å². The topological polar surface area (TPSA) is 27.7 Å². The molecule has 1 unspecified atom stereocenters. The largest absolute Gasteiger partial charge is 0.351 e. The molecule has 0 bridgehead atoms. The highest BCUT2D eigenvalue weighted by atomic mass is 32.3. The molecule has 30 heavy (non-hydrogen) atoms. The number of hydrogen-bond acceptors (Lipinski definition) is 3. The van der Waals surface area contributed by atoms with E-state index in [1.165, 1.54) is 64.2 Å². The molecule has 1 atom stereocenters. The molecule has 5 heteroatoms. The number of hydrogen-bond donors (Lipinski definition) is 0. The molecule has 0 aromatic heterocycles. The van der Waals surface area contributed by atoms with Crippen molar-refractivity contribution in [3.63, 3.8) is 0 Å². The summed E-state index contributed by atoms with van der Waals surface area (Å²) < 4.78 is 18.6. The van der Waals surface area contributed by atoms with Crippen LogP contribution in [0.4, 0.5) is 0 Å². The van der Waals surface area contributed by atoms with Crippen molar-refractivity contribution in [3.8, 4) is 0 Å². The van der Waals surface area contributed by atoms with Crippen molar-refractivity contribution in [2.24, 2.45) is 0 Å². The van der Waals surface area contributed by atoms with Crippen LogP contribution in [0.5, 0.6) is 0 Å². The molecular weight excluding hydrogens is 391 g/mol. The number of ether oxygens (including phenoxy) is 1. The van der Waals surface area contributed by atoms with Crippen LogP contribution in [0.1, 0.15) is 110 Å². The minimum absolute atomic E-state index is 0.131. The van der Waals surface area contributed by atoms with Crippen LogP contribution < -0.4 is 0 Å². The van der Waals surface area contributed by atoms with Gasteiger partial charge in [0.15, 0.2) is 6.29 Å². The van der Waals surface area contributed by atoms with E-state index in [0.717, 1.165) is 51.6 Å². The van der Waals surface area contributed by atoms with E-state index in [4.69, 9.17) is 20.9 Å². The molecule has 0 amide bonds. The minimum atomic E-state index is -1.54. The number of unbranched alkanes of at least 4 members (excludes halogenated alkanes) is 10. The monoisotopic (exact) mass is 442 g/mol. The van der Waals surface area contributed by atoms with Crippen LogP contribution in [0.15, 0.2) is 12.2 Å². The first kappa shape index (κ1) is 30.0. The number of allylic oxidation sites excluding steroid dienone is 2. The predicted octanol–water partition coefficient (Wildman–Crippen LogP) is 8.29. The maximum Gasteiger partial charge on any atom is 0.180 e. The summed E-state index contributed by atoms with van der Waals surface area (Å²) in [5.74, 6) is 0. The minimum Gasteiger partial charge on any atom is -0.351 e. The summed E-state index contributed by atoms with van der Waals surface area (Å²) in [5, 5.41) is 0. The standard InChI is InChI=1S/C25H51BO3S/c1-5-7-9-11-12-15-19-23-27-25(21-17-13-10-8-6-2)29-30(3,4)28-24-20-16-14-18-22-26/h7,9,25H,5-6,8,10-24H2,1-4H3/b9-7-. The Balaban J connectivity index is 4.20. The van der Waals surface area contributed by atoms with Gasteiger partial charge in [-0.2, -0.15) is 10.6 Å². The Morgan fingerprint density at radius 3 is 2.17 bits per heavy atom. The van der Waals surface area contributed by atoms with Crippen LogP contribution in [0.3, 0.4) is 0 Å². The van der Waals surface area contributed by atoms with Gasteiger partial charge >= 0.3 is 0 Å². The lowest BCUT2D eigenvalue weighted by molar-refractivity contribution is -0.0843. The molecule has 0 N–H and O–H groups in total. The second kappa shape index (κ2) is 22.2. The van der Waals surface area contributed by atoms with E-state index >= 15 is 0 Å². The predicted molar refractivity (Wildman–Crippen MR) is 137 cm³/mol. The average Bonchev–Trinajstić information content (AvgIpc) is 2.72. The molecule has 0 heterocycles. The highest BCUT2D eigenvalue weighted by Crippen LogP contribution is 2.44. The summed E-state index contributed by atoms with van der Waals surface area (Å²) in [7, 11) is 4.02. The van der Waals surface area contributed by atoms with Crippen molar-refractivity contribution in [1.29, 1.82) is 0 Å². The Labute approximate surface area is 192 Å². The van der Waals surface area contributed by atoms with Gasteiger partial charge in [-0.15, -0.1) is 0 Å². The zero-order valence-electron chi connectivity index (χ0n) is 20.7. The summed E-state index contributed by atoms with van der Waals surface area (Å²) in [6.07, 6.45) is 27.1. The Hall–Kier alpha value is 0.0349. The zero-order chi connectivity index (χ0) is 22.3. The maximum atomic E-state index is 6.34. The van der Waals surface area contributed by atoms with Crippen molar-refractivity contribution in [2.75, 3.05) is 25.7 Å². The summed E-state index contributed by atoms with van der Waals surface area (Å²) in [4.78, 5) is 0. The fourth-order valence-electron chi connectivity index (χ4n) is 3.26. The zero-order valence-corrected chi connectivity index (χ0v) is 21.5. The van der Waals surface area contributed by atoms with Crippen molar-refractivity contribution in [2.45, 2.75) is 123 Å². The highest BCUT2D eigenvalue weighted by molar-refractivity contribution is 8.24. The van der Waals surface area contributed by atoms with Gasteiger partial charge in [-0.25, -0.2) is 0 Å². The van der Waals surface area contributed by atoms with E-state index < -0.39 is 10.6 Å². The maximum absolute atomic E-state index is 6.34. The molecule has 0 saturated heterocycles. The van der Waals surface area contributed by atoms with E-state index in [-0.39, 0.29) is 6.29 Å². The SMILES string of the molecule is [B]CCCCCCOS(C)(C)OC(CCCCCCC)OCCCCC/C=C\CC. The van der Waals surface area contributed by atoms with Crippen LogP contribution in [0, 0.1) is 0 Å². The molecule has 0 rings (SSSR count). The van der Waals surface area contributed by atoms with Crippen molar-refractivity contribution < 1.29 is 13.1 Å². The first-order chi connectivity index (χ1) is 14.6. The molecule has 0 aliphatic heterocycles. The third-order valence-electron chi connectivity index (χ3n) is 5.07. The van der Waals surface area contributed by atoms with Gasteiger partial charge in [-0.3, -0.25) is 8.37 Å². The third-order valence-corrected chi connectivity index (χ3v) is 6.48. The second-order valence-electron chi connectivity index (χ2n) is 8.50. The highest BCUT2D eigenvalue weighted by Gasteiger charge is 2.18.